The van der Waals surface area contributed by atoms with Gasteiger partial charge < -0.3 is 19.5 Å². The van der Waals surface area contributed by atoms with Crippen molar-refractivity contribution >= 4 is 28.7 Å². The number of hydrogen-bond acceptors (Lipinski definition) is 5. The van der Waals surface area contributed by atoms with Crippen LogP contribution in [0, 0.1) is 39.8 Å². The summed E-state index contributed by atoms with van der Waals surface area (Å²) in [5.41, 5.74) is 14.2. The second-order valence-electron chi connectivity index (χ2n) is 18.5. The third-order valence-electron chi connectivity index (χ3n) is 12.9. The van der Waals surface area contributed by atoms with Crippen molar-refractivity contribution in [3.05, 3.63) is 171 Å². The minimum atomic E-state index is -0.403. The van der Waals surface area contributed by atoms with Gasteiger partial charge in [-0.05, 0) is 103 Å². The largest absolute Gasteiger partial charge is 2.00 e. The van der Waals surface area contributed by atoms with E-state index in [9.17, 15) is 0 Å². The van der Waals surface area contributed by atoms with E-state index in [1.807, 2.05) is 12.3 Å². The van der Waals surface area contributed by atoms with Gasteiger partial charge in [0.1, 0.15) is 5.82 Å². The maximum atomic E-state index is 6.82. The molecule has 1 aliphatic carbocycles. The molecule has 2 atom stereocenters. The van der Waals surface area contributed by atoms with Crippen LogP contribution in [0.4, 0.5) is 22.9 Å². The maximum Gasteiger partial charge on any atom is 2.00 e. The Bertz CT molecular complexity index is 2630. The molecule has 0 bridgehead atoms. The molecule has 0 spiro atoms. The fraction of sp³-hybridized carbons (Fsp3) is 0.308. The molecule has 5 aromatic carbocycles. The zero-order chi connectivity index (χ0) is 40.2. The van der Waals surface area contributed by atoms with Gasteiger partial charge in [0.2, 0.25) is 0 Å². The van der Waals surface area contributed by atoms with E-state index in [4.69, 9.17) is 14.7 Å². The van der Waals surface area contributed by atoms with E-state index in [1.54, 1.807) is 0 Å². The number of nitrogens with zero attached hydrogens (tertiary/aromatic N) is 4. The molecule has 0 N–H and O–H groups in total. The molecular weight excluding hydrogens is 892 g/mol. The Balaban J connectivity index is 0.00000469. The Morgan fingerprint density at radius 2 is 1.38 bits per heavy atom. The Labute approximate surface area is 359 Å². The summed E-state index contributed by atoms with van der Waals surface area (Å²) in [5, 5.41) is 0. The normalized spacial score (nSPS) is 20.1. The number of fused-ring (bicyclic) bond motifs is 5. The summed E-state index contributed by atoms with van der Waals surface area (Å²) < 4.78 is 6.82. The van der Waals surface area contributed by atoms with Gasteiger partial charge in [0, 0.05) is 29.1 Å². The molecule has 0 radical (unpaired) electrons. The van der Waals surface area contributed by atoms with Crippen molar-refractivity contribution in [3.8, 4) is 11.5 Å². The molecule has 296 valence electrons. The number of aliphatic imine (C=N–C) groups is 1. The van der Waals surface area contributed by atoms with Crippen LogP contribution in [-0.4, -0.2) is 16.4 Å². The average molecular weight is 944 g/mol. The molecule has 0 fully saturated rings. The standard InChI is InChI=1S/C52H52N4O.Pt/c1-32-24-34(3)47(35(4)25-32)56-48(54-51(10)31-36-16-12-13-17-41(36)52(51,56)11)37-26-33(2)27-40(28-37)57-39-20-21-43-45(30-39)55(44-19-15-14-18-42(44)50(43,8)9)46-29-38(22-23-53-46)49(5,6)7;/h12-27,29H,31H2,1-11H3;/q-2;+2/t51-,52+;/m1./s1. The van der Waals surface area contributed by atoms with Crippen LogP contribution >= 0.6 is 0 Å². The van der Waals surface area contributed by atoms with Crippen LogP contribution in [0.3, 0.4) is 0 Å². The summed E-state index contributed by atoms with van der Waals surface area (Å²) in [6, 6.07) is 42.4. The first-order chi connectivity index (χ1) is 27.0. The third-order valence-corrected chi connectivity index (χ3v) is 12.9. The van der Waals surface area contributed by atoms with E-state index in [-0.39, 0.29) is 37.4 Å². The Hall–Kier alpha value is -4.99. The van der Waals surface area contributed by atoms with Gasteiger partial charge in [-0.25, -0.2) is 4.98 Å². The summed E-state index contributed by atoms with van der Waals surface area (Å²) in [7, 11) is 0. The van der Waals surface area contributed by atoms with Gasteiger partial charge in [-0.1, -0.05) is 120 Å². The number of rotatable bonds is 5. The molecule has 2 aliphatic heterocycles. The molecule has 5 nitrogen and oxygen atoms in total. The van der Waals surface area contributed by atoms with Crippen LogP contribution in [0.1, 0.15) is 104 Å². The van der Waals surface area contributed by atoms with Gasteiger partial charge in [0.15, 0.2) is 0 Å². The fourth-order valence-corrected chi connectivity index (χ4v) is 9.91. The first kappa shape index (κ1) is 39.8. The maximum absolute atomic E-state index is 6.82. The van der Waals surface area contributed by atoms with Gasteiger partial charge in [0.05, 0.1) is 16.9 Å². The van der Waals surface area contributed by atoms with E-state index >= 15 is 0 Å². The van der Waals surface area contributed by atoms with E-state index in [2.05, 4.69) is 189 Å². The zero-order valence-electron chi connectivity index (χ0n) is 35.5. The second kappa shape index (κ2) is 13.8. The minimum absolute atomic E-state index is 0. The van der Waals surface area contributed by atoms with Crippen molar-refractivity contribution in [1.82, 2.24) is 4.98 Å². The van der Waals surface area contributed by atoms with Crippen LogP contribution in [0.25, 0.3) is 0 Å². The predicted octanol–water partition coefficient (Wildman–Crippen LogP) is 12.6. The van der Waals surface area contributed by atoms with Crippen molar-refractivity contribution < 1.29 is 25.8 Å². The van der Waals surface area contributed by atoms with Crippen LogP contribution in [-0.2, 0) is 43.9 Å². The van der Waals surface area contributed by atoms with Gasteiger partial charge in [-0.2, -0.15) is 6.07 Å². The van der Waals surface area contributed by atoms with Crippen LogP contribution < -0.4 is 14.5 Å². The summed E-state index contributed by atoms with van der Waals surface area (Å²) in [4.78, 5) is 15.4. The molecule has 1 aromatic heterocycles. The Kier molecular flexibility index (Phi) is 9.48. The van der Waals surface area contributed by atoms with Crippen molar-refractivity contribution in [1.29, 1.82) is 0 Å². The molecular formula is C52H52N4OPt. The van der Waals surface area contributed by atoms with E-state index in [1.165, 1.54) is 50.2 Å². The predicted molar refractivity (Wildman–Crippen MR) is 234 cm³/mol. The first-order valence-electron chi connectivity index (χ1n) is 20.2. The number of aryl methyl sites for hydroxylation is 4. The summed E-state index contributed by atoms with van der Waals surface area (Å²) in [6.45, 7) is 24.7. The molecule has 0 saturated carbocycles. The molecule has 0 amide bonds. The minimum Gasteiger partial charge on any atom is -0.503 e. The molecule has 0 unspecified atom stereocenters. The van der Waals surface area contributed by atoms with Gasteiger partial charge in [0.25, 0.3) is 0 Å². The molecule has 3 aliphatic rings. The number of benzene rings is 5. The van der Waals surface area contributed by atoms with E-state index < -0.39 is 5.54 Å². The zero-order valence-corrected chi connectivity index (χ0v) is 37.8. The first-order valence-corrected chi connectivity index (χ1v) is 20.2. The van der Waals surface area contributed by atoms with Crippen LogP contribution in [0.2, 0.25) is 0 Å². The molecule has 3 heterocycles. The van der Waals surface area contributed by atoms with Crippen molar-refractivity contribution in [3.63, 3.8) is 0 Å². The second-order valence-corrected chi connectivity index (χ2v) is 18.5. The number of aromatic nitrogens is 1. The SMILES string of the molecule is Cc1cc(Oc2[c-]c3c(cc2)C(C)(C)c2ccccc2N3c2cc(C(C)(C)C)ccn2)[c-]c(C2=N[C@]3(C)Cc4ccccc4[C@]3(C)N2c2c(C)cc(C)cc2C)c1.[Pt+2]. The van der Waals surface area contributed by atoms with Crippen LogP contribution in [0.5, 0.6) is 11.5 Å². The number of ether oxygens (including phenoxy) is 1. The van der Waals surface area contributed by atoms with Crippen molar-refractivity contribution in [2.45, 2.75) is 104 Å². The fourth-order valence-electron chi connectivity index (χ4n) is 9.91. The quantitative estimate of drug-likeness (QED) is 0.162. The summed E-state index contributed by atoms with van der Waals surface area (Å²) in [6.07, 6.45) is 2.79. The number of pyridine rings is 1. The smallest absolute Gasteiger partial charge is 0.503 e. The van der Waals surface area contributed by atoms with Crippen molar-refractivity contribution in [2.24, 2.45) is 4.99 Å². The van der Waals surface area contributed by atoms with Gasteiger partial charge in [-0.3, -0.25) is 0 Å². The van der Waals surface area contributed by atoms with Crippen LogP contribution in [0.15, 0.2) is 108 Å². The van der Waals surface area contributed by atoms with Gasteiger partial charge in [-0.15, -0.1) is 34.9 Å². The number of amidine groups is 1. The van der Waals surface area contributed by atoms with E-state index in [0.717, 1.165) is 40.6 Å². The third kappa shape index (κ3) is 6.07. The summed E-state index contributed by atoms with van der Waals surface area (Å²) >= 11 is 0. The van der Waals surface area contributed by atoms with E-state index in [0.29, 0.717) is 11.5 Å². The monoisotopic (exact) mass is 943 g/mol. The molecule has 58 heavy (non-hydrogen) atoms. The number of anilines is 4. The Morgan fingerprint density at radius 3 is 2.10 bits per heavy atom. The number of para-hydroxylation sites is 1. The van der Waals surface area contributed by atoms with Gasteiger partial charge >= 0.3 is 21.1 Å². The topological polar surface area (TPSA) is 41.0 Å². The number of hydrogen-bond donors (Lipinski definition) is 0. The molecule has 6 aromatic rings. The molecule has 0 saturated heterocycles. The molecule has 6 heteroatoms. The van der Waals surface area contributed by atoms with Crippen molar-refractivity contribution in [2.75, 3.05) is 9.80 Å². The average Bonchev–Trinajstić information content (AvgIpc) is 3.51. The Morgan fingerprint density at radius 1 is 0.707 bits per heavy atom. The summed E-state index contributed by atoms with van der Waals surface area (Å²) in [5.74, 6) is 3.03. The molecule has 9 rings (SSSR count).